The number of nitrogens with zero attached hydrogens (tertiary/aromatic N) is 1. The molecule has 5 nitrogen and oxygen atoms in total. The molecule has 162 valence electrons. The number of amides is 1. The molecule has 0 radical (unpaired) electrons. The molecule has 7 heteroatoms. The molecule has 30 heavy (non-hydrogen) atoms. The van der Waals surface area contributed by atoms with E-state index in [-0.39, 0.29) is 11.0 Å². The Morgan fingerprint density at radius 2 is 1.80 bits per heavy atom. The highest BCUT2D eigenvalue weighted by Gasteiger charge is 2.11. The summed E-state index contributed by atoms with van der Waals surface area (Å²) in [6.07, 6.45) is 0.977. The van der Waals surface area contributed by atoms with Gasteiger partial charge in [-0.05, 0) is 96.8 Å². The maximum Gasteiger partial charge on any atom is 0.257 e. The number of carbonyl (C=O) groups excluding carboxylic acids is 1. The van der Waals surface area contributed by atoms with Crippen LogP contribution in [0.25, 0.3) is 0 Å². The Hall–Kier alpha value is -2.12. The summed E-state index contributed by atoms with van der Waals surface area (Å²) in [5.41, 5.74) is 2.48. The topological polar surface area (TPSA) is 53.6 Å². The molecule has 0 aliphatic rings. The molecule has 0 fully saturated rings. The van der Waals surface area contributed by atoms with E-state index in [2.05, 4.69) is 59.2 Å². The first kappa shape index (κ1) is 24.2. The summed E-state index contributed by atoms with van der Waals surface area (Å²) in [5, 5.41) is 6.03. The fourth-order valence-corrected chi connectivity index (χ4v) is 3.55. The van der Waals surface area contributed by atoms with Crippen LogP contribution in [-0.2, 0) is 0 Å². The largest absolute Gasteiger partial charge is 0.492 e. The molecule has 0 aliphatic carbocycles. The van der Waals surface area contributed by atoms with Gasteiger partial charge in [-0.2, -0.15) is 0 Å². The van der Waals surface area contributed by atoms with E-state index in [0.29, 0.717) is 18.1 Å². The van der Waals surface area contributed by atoms with E-state index in [1.54, 1.807) is 18.2 Å². The number of hydrogen-bond donors (Lipinski definition) is 2. The summed E-state index contributed by atoms with van der Waals surface area (Å²) in [6.45, 7) is 11.1. The molecular weight excluding hydrogens is 462 g/mol. The molecule has 1 amide bonds. The van der Waals surface area contributed by atoms with Gasteiger partial charge < -0.3 is 15.0 Å². The monoisotopic (exact) mass is 491 g/mol. The van der Waals surface area contributed by atoms with Crippen molar-refractivity contribution >= 4 is 50.5 Å². The smallest absolute Gasteiger partial charge is 0.257 e. The Labute approximate surface area is 193 Å². The molecule has 0 bridgehead atoms. The highest BCUT2D eigenvalue weighted by Crippen LogP contribution is 2.26. The number of carbonyl (C=O) groups is 1. The van der Waals surface area contributed by atoms with Crippen LogP contribution in [0.15, 0.2) is 46.9 Å². The molecule has 2 N–H and O–H groups in total. The number of benzene rings is 2. The summed E-state index contributed by atoms with van der Waals surface area (Å²) in [5.74, 6) is 1.03. The fraction of sp³-hybridized carbons (Fsp3) is 0.391. The summed E-state index contributed by atoms with van der Waals surface area (Å²) in [4.78, 5) is 14.8. The van der Waals surface area contributed by atoms with Gasteiger partial charge in [0.2, 0.25) is 0 Å². The molecule has 0 saturated carbocycles. The van der Waals surface area contributed by atoms with Crippen molar-refractivity contribution in [2.75, 3.05) is 29.9 Å². The van der Waals surface area contributed by atoms with Gasteiger partial charge in [-0.3, -0.25) is 10.1 Å². The lowest BCUT2D eigenvalue weighted by Gasteiger charge is -2.21. The van der Waals surface area contributed by atoms with Crippen LogP contribution >= 0.6 is 28.1 Å². The van der Waals surface area contributed by atoms with Crippen molar-refractivity contribution in [3.63, 3.8) is 0 Å². The Balaban J connectivity index is 1.92. The number of ether oxygens (including phenoxy) is 1. The van der Waals surface area contributed by atoms with Gasteiger partial charge in [0.05, 0.1) is 11.1 Å². The van der Waals surface area contributed by atoms with E-state index in [1.165, 1.54) is 0 Å². The van der Waals surface area contributed by atoms with Crippen LogP contribution < -0.4 is 20.3 Å². The molecule has 2 rings (SSSR count). The maximum atomic E-state index is 12.5. The first-order valence-electron chi connectivity index (χ1n) is 10.2. The average molecular weight is 492 g/mol. The zero-order valence-corrected chi connectivity index (χ0v) is 20.4. The Morgan fingerprint density at radius 3 is 2.37 bits per heavy atom. The third kappa shape index (κ3) is 7.29. The molecule has 0 aliphatic heterocycles. The Bertz CT molecular complexity index is 852. The normalized spacial score (nSPS) is 10.6. The van der Waals surface area contributed by atoms with Crippen molar-refractivity contribution in [2.45, 2.75) is 34.1 Å². The molecule has 0 spiro atoms. The van der Waals surface area contributed by atoms with Crippen LogP contribution in [0.3, 0.4) is 0 Å². The number of thiocarbonyl (C=S) groups is 1. The maximum absolute atomic E-state index is 12.5. The molecular formula is C23H30BrN3O2S. The minimum Gasteiger partial charge on any atom is -0.492 e. The second-order valence-electron chi connectivity index (χ2n) is 7.30. The third-order valence-electron chi connectivity index (χ3n) is 4.63. The molecule has 0 atom stereocenters. The number of halogens is 1. The summed E-state index contributed by atoms with van der Waals surface area (Å²) < 4.78 is 6.51. The van der Waals surface area contributed by atoms with Gasteiger partial charge in [0.1, 0.15) is 5.75 Å². The van der Waals surface area contributed by atoms with Gasteiger partial charge in [-0.25, -0.2) is 0 Å². The van der Waals surface area contributed by atoms with E-state index in [1.807, 2.05) is 24.3 Å². The lowest BCUT2D eigenvalue weighted by atomic mass is 10.1. The Morgan fingerprint density at radius 1 is 1.13 bits per heavy atom. The van der Waals surface area contributed by atoms with Gasteiger partial charge in [-0.1, -0.05) is 13.8 Å². The number of rotatable bonds is 9. The van der Waals surface area contributed by atoms with Crippen molar-refractivity contribution in [3.05, 3.63) is 52.5 Å². The van der Waals surface area contributed by atoms with Gasteiger partial charge in [-0.15, -0.1) is 0 Å². The lowest BCUT2D eigenvalue weighted by Crippen LogP contribution is -2.34. The molecule has 0 aromatic heterocycles. The van der Waals surface area contributed by atoms with Crippen LogP contribution in [-0.4, -0.2) is 30.7 Å². The van der Waals surface area contributed by atoms with Crippen LogP contribution in [0.1, 0.15) is 44.5 Å². The summed E-state index contributed by atoms with van der Waals surface area (Å²) in [6, 6.07) is 13.2. The number of hydrogen-bond acceptors (Lipinski definition) is 4. The predicted octanol–water partition coefficient (Wildman–Crippen LogP) is 5.85. The SMILES string of the molecule is CCN(CC)c1ccc(NC(=S)NC(=O)c2ccc(OCCC(C)C)c(Br)c2)cc1. The fourth-order valence-electron chi connectivity index (χ4n) is 2.85. The van der Waals surface area contributed by atoms with Gasteiger partial charge in [0, 0.05) is 30.0 Å². The first-order chi connectivity index (χ1) is 14.3. The van der Waals surface area contributed by atoms with Crippen LogP contribution in [0.2, 0.25) is 0 Å². The zero-order chi connectivity index (χ0) is 22.1. The predicted molar refractivity (Wildman–Crippen MR) is 133 cm³/mol. The quantitative estimate of drug-likeness (QED) is 0.431. The first-order valence-corrected chi connectivity index (χ1v) is 11.4. The minimum absolute atomic E-state index is 0.254. The Kier molecular flexibility index (Phi) is 9.59. The van der Waals surface area contributed by atoms with Crippen molar-refractivity contribution < 1.29 is 9.53 Å². The van der Waals surface area contributed by atoms with Crippen molar-refractivity contribution in [3.8, 4) is 5.75 Å². The van der Waals surface area contributed by atoms with E-state index in [0.717, 1.165) is 41.1 Å². The molecule has 2 aromatic carbocycles. The van der Waals surface area contributed by atoms with Crippen molar-refractivity contribution in [1.82, 2.24) is 5.32 Å². The van der Waals surface area contributed by atoms with Crippen LogP contribution in [0, 0.1) is 5.92 Å². The summed E-state index contributed by atoms with van der Waals surface area (Å²) in [7, 11) is 0. The third-order valence-corrected chi connectivity index (χ3v) is 5.45. The number of nitrogens with one attached hydrogen (secondary N) is 2. The van der Waals surface area contributed by atoms with Gasteiger partial charge >= 0.3 is 0 Å². The average Bonchev–Trinajstić information content (AvgIpc) is 2.71. The van der Waals surface area contributed by atoms with E-state index in [9.17, 15) is 4.79 Å². The van der Waals surface area contributed by atoms with Gasteiger partial charge in [0.25, 0.3) is 5.91 Å². The minimum atomic E-state index is -0.276. The van der Waals surface area contributed by atoms with Crippen molar-refractivity contribution in [1.29, 1.82) is 0 Å². The van der Waals surface area contributed by atoms with E-state index in [4.69, 9.17) is 17.0 Å². The standard InChI is InChI=1S/C23H30BrN3O2S/c1-5-27(6-2)19-10-8-18(9-11-19)25-23(30)26-22(28)17-7-12-21(20(24)15-17)29-14-13-16(3)4/h7-12,15-16H,5-6,13-14H2,1-4H3,(H2,25,26,28,30). The molecule has 0 unspecified atom stereocenters. The lowest BCUT2D eigenvalue weighted by molar-refractivity contribution is 0.0977. The second-order valence-corrected chi connectivity index (χ2v) is 8.57. The second kappa shape index (κ2) is 11.9. The van der Waals surface area contributed by atoms with E-state index < -0.39 is 0 Å². The molecule has 2 aromatic rings. The van der Waals surface area contributed by atoms with E-state index >= 15 is 0 Å². The van der Waals surface area contributed by atoms with Gasteiger partial charge in [0.15, 0.2) is 5.11 Å². The zero-order valence-electron chi connectivity index (χ0n) is 18.0. The molecule has 0 saturated heterocycles. The van der Waals surface area contributed by atoms with Crippen molar-refractivity contribution in [2.24, 2.45) is 5.92 Å². The highest BCUT2D eigenvalue weighted by molar-refractivity contribution is 9.10. The number of anilines is 2. The van der Waals surface area contributed by atoms with Crippen LogP contribution in [0.4, 0.5) is 11.4 Å². The molecule has 0 heterocycles. The van der Waals surface area contributed by atoms with Crippen LogP contribution in [0.5, 0.6) is 5.75 Å². The highest BCUT2D eigenvalue weighted by atomic mass is 79.9. The summed E-state index contributed by atoms with van der Waals surface area (Å²) >= 11 is 8.77.